The van der Waals surface area contributed by atoms with Crippen LogP contribution in [0.2, 0.25) is 0 Å². The van der Waals surface area contributed by atoms with Crippen LogP contribution in [-0.2, 0) is 17.8 Å². The number of nitrogens with one attached hydrogen (secondary N) is 1. The average molecular weight is 339 g/mol. The molecule has 1 N–H and O–H groups in total. The van der Waals surface area contributed by atoms with Gasteiger partial charge in [-0.25, -0.2) is 4.68 Å². The van der Waals surface area contributed by atoms with E-state index in [9.17, 15) is 4.79 Å². The Labute approximate surface area is 146 Å². The Bertz CT molecular complexity index is 807. The molecular weight excluding hydrogens is 318 g/mol. The molecule has 1 aromatic carbocycles. The van der Waals surface area contributed by atoms with E-state index in [-0.39, 0.29) is 5.91 Å². The van der Waals surface area contributed by atoms with Crippen molar-refractivity contribution in [3.63, 3.8) is 0 Å². The van der Waals surface area contributed by atoms with E-state index < -0.39 is 6.10 Å². The summed E-state index contributed by atoms with van der Waals surface area (Å²) in [5.41, 5.74) is 1.23. The molecule has 0 bridgehead atoms. The van der Waals surface area contributed by atoms with E-state index in [0.29, 0.717) is 18.1 Å². The third kappa shape index (κ3) is 4.29. The van der Waals surface area contributed by atoms with Gasteiger partial charge in [-0.3, -0.25) is 4.79 Å². The second-order valence-electron chi connectivity index (χ2n) is 5.70. The number of carbonyl (C=O) groups excluding carboxylic acids is 1. The minimum Gasteiger partial charge on any atom is -0.481 e. The molecule has 0 saturated heterocycles. The molecule has 0 aliphatic rings. The van der Waals surface area contributed by atoms with Crippen LogP contribution >= 0.6 is 0 Å². The van der Waals surface area contributed by atoms with Gasteiger partial charge in [-0.15, -0.1) is 0 Å². The maximum absolute atomic E-state index is 12.4. The molecule has 2 aromatic heterocycles. The maximum Gasteiger partial charge on any atom is 0.266 e. The third-order valence-electron chi connectivity index (χ3n) is 3.87. The first kappa shape index (κ1) is 16.8. The fraction of sp³-hybridized carbons (Fsp3) is 0.263. The summed E-state index contributed by atoms with van der Waals surface area (Å²) in [4.78, 5) is 12.4. The number of rotatable bonds is 7. The van der Waals surface area contributed by atoms with Crippen LogP contribution in [0, 0.1) is 0 Å². The van der Waals surface area contributed by atoms with E-state index >= 15 is 0 Å². The number of carbonyl (C=O) groups is 1. The topological polar surface area (TPSA) is 69.3 Å². The largest absolute Gasteiger partial charge is 0.481 e. The Hall–Kier alpha value is -3.02. The van der Waals surface area contributed by atoms with Crippen molar-refractivity contribution in [2.24, 2.45) is 0 Å². The number of aryl methyl sites for hydroxylation is 1. The lowest BCUT2D eigenvalue weighted by Crippen LogP contribution is -2.31. The number of hydrogen-bond acceptors (Lipinski definition) is 4. The van der Waals surface area contributed by atoms with Crippen LogP contribution in [0.3, 0.4) is 0 Å². The minimum absolute atomic E-state index is 0.235. The summed E-state index contributed by atoms with van der Waals surface area (Å²) in [5.74, 6) is 1.79. The highest BCUT2D eigenvalue weighted by molar-refractivity contribution is 5.93. The third-order valence-corrected chi connectivity index (χ3v) is 3.87. The van der Waals surface area contributed by atoms with Gasteiger partial charge >= 0.3 is 0 Å². The van der Waals surface area contributed by atoms with Gasteiger partial charge in [0, 0.05) is 6.07 Å². The van der Waals surface area contributed by atoms with Gasteiger partial charge < -0.3 is 14.5 Å². The zero-order valence-corrected chi connectivity index (χ0v) is 14.3. The Morgan fingerprint density at radius 1 is 1.28 bits per heavy atom. The molecule has 130 valence electrons. The van der Waals surface area contributed by atoms with E-state index in [1.807, 2.05) is 36.4 Å². The van der Waals surface area contributed by atoms with Crippen molar-refractivity contribution in [3.8, 4) is 5.75 Å². The summed E-state index contributed by atoms with van der Waals surface area (Å²) in [6.45, 7) is 4.26. The first-order valence-corrected chi connectivity index (χ1v) is 8.26. The standard InChI is InChI=1S/C19H21N3O3/c1-3-15-6-8-16(9-7-15)25-14(2)19(23)21-18-10-11-20-22(18)13-17-5-4-12-24-17/h4-12,14H,3,13H2,1-2H3,(H,21,23)/t14-/m1/s1. The van der Waals surface area contributed by atoms with Crippen LogP contribution < -0.4 is 10.1 Å². The van der Waals surface area contributed by atoms with E-state index in [4.69, 9.17) is 9.15 Å². The zero-order chi connectivity index (χ0) is 17.6. The van der Waals surface area contributed by atoms with Crippen molar-refractivity contribution >= 4 is 11.7 Å². The molecule has 1 amide bonds. The van der Waals surface area contributed by atoms with Gasteiger partial charge in [-0.05, 0) is 43.2 Å². The molecule has 6 heteroatoms. The number of furan rings is 1. The van der Waals surface area contributed by atoms with E-state index in [1.54, 1.807) is 30.1 Å². The summed E-state index contributed by atoms with van der Waals surface area (Å²) < 4.78 is 12.7. The highest BCUT2D eigenvalue weighted by Crippen LogP contribution is 2.16. The van der Waals surface area contributed by atoms with E-state index in [2.05, 4.69) is 17.3 Å². The lowest BCUT2D eigenvalue weighted by molar-refractivity contribution is -0.122. The number of anilines is 1. The lowest BCUT2D eigenvalue weighted by Gasteiger charge is -2.15. The number of aromatic nitrogens is 2. The summed E-state index contributed by atoms with van der Waals surface area (Å²) in [6, 6.07) is 13.2. The Kier molecular flexibility index (Phi) is 5.18. The number of hydrogen-bond donors (Lipinski definition) is 1. The zero-order valence-electron chi connectivity index (χ0n) is 14.3. The smallest absolute Gasteiger partial charge is 0.266 e. The number of nitrogens with zero attached hydrogens (tertiary/aromatic N) is 2. The van der Waals surface area contributed by atoms with Crippen LogP contribution in [0.25, 0.3) is 0 Å². The summed E-state index contributed by atoms with van der Waals surface area (Å²) in [6.07, 6.45) is 3.58. The Morgan fingerprint density at radius 3 is 2.76 bits per heavy atom. The second kappa shape index (κ2) is 7.70. The summed E-state index contributed by atoms with van der Waals surface area (Å²) in [7, 11) is 0. The van der Waals surface area contributed by atoms with Crippen molar-refractivity contribution in [3.05, 3.63) is 66.2 Å². The van der Waals surface area contributed by atoms with E-state index in [1.165, 1.54) is 5.56 Å². The molecule has 3 rings (SSSR count). The molecule has 0 aliphatic carbocycles. The average Bonchev–Trinajstić information content (AvgIpc) is 3.28. The lowest BCUT2D eigenvalue weighted by atomic mass is 10.2. The van der Waals surface area contributed by atoms with E-state index in [0.717, 1.165) is 12.2 Å². The van der Waals surface area contributed by atoms with Crippen molar-refractivity contribution in [2.45, 2.75) is 32.9 Å². The van der Waals surface area contributed by atoms with Crippen molar-refractivity contribution in [1.29, 1.82) is 0 Å². The Balaban J connectivity index is 1.60. The summed E-state index contributed by atoms with van der Waals surface area (Å²) >= 11 is 0. The highest BCUT2D eigenvalue weighted by Gasteiger charge is 2.17. The van der Waals surface area contributed by atoms with Gasteiger partial charge in [0.05, 0.1) is 12.5 Å². The van der Waals surface area contributed by atoms with Crippen LogP contribution in [0.4, 0.5) is 5.82 Å². The van der Waals surface area contributed by atoms with Gasteiger partial charge in [-0.1, -0.05) is 19.1 Å². The molecule has 0 aliphatic heterocycles. The first-order chi connectivity index (χ1) is 12.2. The van der Waals surface area contributed by atoms with Crippen LogP contribution in [0.15, 0.2) is 59.3 Å². The minimum atomic E-state index is -0.626. The van der Waals surface area contributed by atoms with Crippen LogP contribution in [0.5, 0.6) is 5.75 Å². The number of benzene rings is 1. The van der Waals surface area contributed by atoms with Gasteiger partial charge in [0.1, 0.15) is 23.9 Å². The molecule has 0 fully saturated rings. The van der Waals surface area contributed by atoms with Crippen LogP contribution in [-0.4, -0.2) is 21.8 Å². The fourth-order valence-electron chi connectivity index (χ4n) is 2.40. The van der Waals surface area contributed by atoms with Crippen LogP contribution in [0.1, 0.15) is 25.2 Å². The number of ether oxygens (including phenoxy) is 1. The normalized spacial score (nSPS) is 11.9. The van der Waals surface area contributed by atoms with Crippen molar-refractivity contribution < 1.29 is 13.9 Å². The molecule has 1 atom stereocenters. The van der Waals surface area contributed by atoms with Gasteiger partial charge in [-0.2, -0.15) is 5.10 Å². The predicted molar refractivity (Wildman–Crippen MR) is 94.6 cm³/mol. The van der Waals surface area contributed by atoms with Gasteiger partial charge in [0.25, 0.3) is 5.91 Å². The quantitative estimate of drug-likeness (QED) is 0.715. The van der Waals surface area contributed by atoms with Gasteiger partial charge in [0.15, 0.2) is 6.10 Å². The van der Waals surface area contributed by atoms with Crippen molar-refractivity contribution in [1.82, 2.24) is 9.78 Å². The molecular formula is C19H21N3O3. The molecule has 25 heavy (non-hydrogen) atoms. The monoisotopic (exact) mass is 339 g/mol. The highest BCUT2D eigenvalue weighted by atomic mass is 16.5. The fourth-order valence-corrected chi connectivity index (χ4v) is 2.40. The van der Waals surface area contributed by atoms with Crippen molar-refractivity contribution in [2.75, 3.05) is 5.32 Å². The first-order valence-electron chi connectivity index (χ1n) is 8.26. The Morgan fingerprint density at radius 2 is 2.08 bits per heavy atom. The molecule has 2 heterocycles. The second-order valence-corrected chi connectivity index (χ2v) is 5.70. The SMILES string of the molecule is CCc1ccc(O[C@H](C)C(=O)Nc2ccnn2Cc2ccco2)cc1. The molecule has 6 nitrogen and oxygen atoms in total. The molecule has 0 spiro atoms. The predicted octanol–water partition coefficient (Wildman–Crippen LogP) is 3.49. The molecule has 0 radical (unpaired) electrons. The molecule has 0 saturated carbocycles. The molecule has 0 unspecified atom stereocenters. The molecule has 3 aromatic rings. The summed E-state index contributed by atoms with van der Waals surface area (Å²) in [5, 5.41) is 7.05. The number of amides is 1. The maximum atomic E-state index is 12.4. The van der Waals surface area contributed by atoms with Gasteiger partial charge in [0.2, 0.25) is 0 Å².